The zero-order valence-corrected chi connectivity index (χ0v) is 11.8. The van der Waals surface area contributed by atoms with E-state index in [1.54, 1.807) is 14.2 Å². The van der Waals surface area contributed by atoms with Crippen LogP contribution in [0.3, 0.4) is 0 Å². The molecule has 0 saturated carbocycles. The Kier molecular flexibility index (Phi) is 3.80. The molecule has 2 saturated heterocycles. The van der Waals surface area contributed by atoms with Gasteiger partial charge >= 0.3 is 0 Å². The standard InChI is InChI=1S/C15H23NO3/c1-17-13-7-11-9-19-15(10-3-5-16-6-4-10)12(11)8-14(13)18-2/h7,10,12,15-16H,3-6,8-9H2,1-2H3. The van der Waals surface area contributed by atoms with Crippen LogP contribution in [0, 0.1) is 11.8 Å². The van der Waals surface area contributed by atoms with Crippen molar-refractivity contribution >= 4 is 0 Å². The molecule has 4 heteroatoms. The van der Waals surface area contributed by atoms with Crippen LogP contribution in [0.25, 0.3) is 0 Å². The summed E-state index contributed by atoms with van der Waals surface area (Å²) in [5.41, 5.74) is 1.38. The van der Waals surface area contributed by atoms with Gasteiger partial charge in [0.1, 0.15) is 5.76 Å². The Labute approximate surface area is 114 Å². The van der Waals surface area contributed by atoms with Crippen LogP contribution in [0.2, 0.25) is 0 Å². The SMILES string of the molecule is COC1=C(OC)CC2C(=C1)COC2C1CCNCC1. The molecule has 0 aromatic rings. The van der Waals surface area contributed by atoms with E-state index in [4.69, 9.17) is 14.2 Å². The molecular weight excluding hydrogens is 242 g/mol. The van der Waals surface area contributed by atoms with E-state index < -0.39 is 0 Å². The van der Waals surface area contributed by atoms with Crippen LogP contribution in [0.5, 0.6) is 0 Å². The molecule has 0 amide bonds. The molecule has 19 heavy (non-hydrogen) atoms. The maximum atomic E-state index is 6.09. The summed E-state index contributed by atoms with van der Waals surface area (Å²) in [6.07, 6.45) is 5.83. The summed E-state index contributed by atoms with van der Waals surface area (Å²) >= 11 is 0. The minimum absolute atomic E-state index is 0.358. The van der Waals surface area contributed by atoms with E-state index in [9.17, 15) is 0 Å². The van der Waals surface area contributed by atoms with Crippen LogP contribution < -0.4 is 5.32 Å². The van der Waals surface area contributed by atoms with E-state index in [2.05, 4.69) is 11.4 Å². The van der Waals surface area contributed by atoms with Gasteiger partial charge in [0, 0.05) is 12.3 Å². The molecule has 106 valence electrons. The Morgan fingerprint density at radius 1 is 1.21 bits per heavy atom. The number of nitrogens with one attached hydrogen (secondary N) is 1. The Morgan fingerprint density at radius 2 is 2.00 bits per heavy atom. The molecule has 2 heterocycles. The van der Waals surface area contributed by atoms with Crippen molar-refractivity contribution in [1.29, 1.82) is 0 Å². The lowest BCUT2D eigenvalue weighted by molar-refractivity contribution is 0.0263. The monoisotopic (exact) mass is 265 g/mol. The number of hydrogen-bond acceptors (Lipinski definition) is 4. The molecule has 1 aliphatic carbocycles. The minimum Gasteiger partial charge on any atom is -0.497 e. The van der Waals surface area contributed by atoms with Crippen LogP contribution in [-0.2, 0) is 14.2 Å². The quantitative estimate of drug-likeness (QED) is 0.845. The normalized spacial score (nSPS) is 32.0. The van der Waals surface area contributed by atoms with Gasteiger partial charge in [0.2, 0.25) is 0 Å². The van der Waals surface area contributed by atoms with Gasteiger partial charge in [0.05, 0.1) is 26.9 Å². The van der Waals surface area contributed by atoms with Gasteiger partial charge in [-0.25, -0.2) is 0 Å². The van der Waals surface area contributed by atoms with Crippen molar-refractivity contribution < 1.29 is 14.2 Å². The number of methoxy groups -OCH3 is 2. The summed E-state index contributed by atoms with van der Waals surface area (Å²) in [7, 11) is 3.42. The molecule has 2 unspecified atom stereocenters. The predicted molar refractivity (Wildman–Crippen MR) is 72.6 cm³/mol. The first kappa shape index (κ1) is 13.0. The Bertz CT molecular complexity index is 396. The van der Waals surface area contributed by atoms with Crippen molar-refractivity contribution in [1.82, 2.24) is 5.32 Å². The molecule has 1 N–H and O–H groups in total. The second-order valence-electron chi connectivity index (χ2n) is 5.59. The Balaban J connectivity index is 1.76. The molecule has 3 rings (SSSR count). The number of rotatable bonds is 3. The molecule has 0 radical (unpaired) electrons. The minimum atomic E-state index is 0.358. The maximum absolute atomic E-state index is 6.09. The molecule has 2 aliphatic heterocycles. The largest absolute Gasteiger partial charge is 0.497 e. The third-order valence-corrected chi connectivity index (χ3v) is 4.63. The van der Waals surface area contributed by atoms with Gasteiger partial charge in [-0.1, -0.05) is 0 Å². The summed E-state index contributed by atoms with van der Waals surface area (Å²) in [5, 5.41) is 3.42. The van der Waals surface area contributed by atoms with Gasteiger partial charge in [0.15, 0.2) is 5.76 Å². The topological polar surface area (TPSA) is 39.7 Å². The van der Waals surface area contributed by atoms with E-state index in [0.717, 1.165) is 37.6 Å². The second kappa shape index (κ2) is 5.55. The lowest BCUT2D eigenvalue weighted by Crippen LogP contribution is -2.37. The Hall–Kier alpha value is -1.00. The molecule has 0 aromatic heterocycles. The van der Waals surface area contributed by atoms with Crippen molar-refractivity contribution in [2.45, 2.75) is 25.4 Å². The van der Waals surface area contributed by atoms with Crippen LogP contribution in [0.4, 0.5) is 0 Å². The summed E-state index contributed by atoms with van der Waals surface area (Å²) in [4.78, 5) is 0. The highest BCUT2D eigenvalue weighted by Gasteiger charge is 2.41. The van der Waals surface area contributed by atoms with Crippen LogP contribution in [-0.4, -0.2) is 40.0 Å². The fraction of sp³-hybridized carbons (Fsp3) is 0.733. The zero-order chi connectivity index (χ0) is 13.2. The molecule has 3 aliphatic rings. The molecule has 2 atom stereocenters. The summed E-state index contributed by atoms with van der Waals surface area (Å²) < 4.78 is 17.0. The van der Waals surface area contributed by atoms with Gasteiger partial charge in [-0.2, -0.15) is 0 Å². The fourth-order valence-corrected chi connectivity index (χ4v) is 3.57. The van der Waals surface area contributed by atoms with E-state index in [1.807, 2.05) is 0 Å². The molecule has 0 bridgehead atoms. The van der Waals surface area contributed by atoms with Crippen molar-refractivity contribution in [3.63, 3.8) is 0 Å². The third kappa shape index (κ3) is 2.39. The summed E-state index contributed by atoms with van der Waals surface area (Å²) in [6, 6.07) is 0. The predicted octanol–water partition coefficient (Wildman–Crippen LogP) is 1.84. The number of allylic oxidation sites excluding steroid dienone is 2. The molecule has 4 nitrogen and oxygen atoms in total. The van der Waals surface area contributed by atoms with Crippen LogP contribution >= 0.6 is 0 Å². The first-order valence-electron chi connectivity index (χ1n) is 7.17. The number of ether oxygens (including phenoxy) is 3. The average molecular weight is 265 g/mol. The lowest BCUT2D eigenvalue weighted by atomic mass is 9.79. The lowest BCUT2D eigenvalue weighted by Gasteiger charge is -2.32. The van der Waals surface area contributed by atoms with Gasteiger partial charge < -0.3 is 19.5 Å². The fourth-order valence-electron chi connectivity index (χ4n) is 3.57. The maximum Gasteiger partial charge on any atom is 0.156 e. The smallest absolute Gasteiger partial charge is 0.156 e. The van der Waals surface area contributed by atoms with Gasteiger partial charge in [-0.05, 0) is 43.5 Å². The van der Waals surface area contributed by atoms with Gasteiger partial charge in [-0.15, -0.1) is 0 Å². The third-order valence-electron chi connectivity index (χ3n) is 4.63. The van der Waals surface area contributed by atoms with E-state index in [-0.39, 0.29) is 0 Å². The van der Waals surface area contributed by atoms with Crippen LogP contribution in [0.1, 0.15) is 19.3 Å². The molecular formula is C15H23NO3. The first-order chi connectivity index (χ1) is 9.33. The van der Waals surface area contributed by atoms with E-state index in [0.29, 0.717) is 17.9 Å². The van der Waals surface area contributed by atoms with Crippen molar-refractivity contribution in [3.05, 3.63) is 23.2 Å². The van der Waals surface area contributed by atoms with Crippen molar-refractivity contribution in [2.24, 2.45) is 11.8 Å². The zero-order valence-electron chi connectivity index (χ0n) is 11.8. The van der Waals surface area contributed by atoms with Crippen LogP contribution in [0.15, 0.2) is 23.2 Å². The van der Waals surface area contributed by atoms with Gasteiger partial charge in [-0.3, -0.25) is 0 Å². The average Bonchev–Trinajstić information content (AvgIpc) is 2.89. The Morgan fingerprint density at radius 3 is 2.68 bits per heavy atom. The van der Waals surface area contributed by atoms with Crippen molar-refractivity contribution in [3.8, 4) is 0 Å². The summed E-state index contributed by atoms with van der Waals surface area (Å²) in [6.45, 7) is 2.99. The molecule has 2 fully saturated rings. The number of fused-ring (bicyclic) bond motifs is 1. The highest BCUT2D eigenvalue weighted by Crippen LogP contribution is 2.42. The highest BCUT2D eigenvalue weighted by molar-refractivity contribution is 5.32. The molecule has 0 spiro atoms. The van der Waals surface area contributed by atoms with E-state index >= 15 is 0 Å². The molecule has 0 aromatic carbocycles. The van der Waals surface area contributed by atoms with Gasteiger partial charge in [0.25, 0.3) is 0 Å². The van der Waals surface area contributed by atoms with Crippen molar-refractivity contribution in [2.75, 3.05) is 33.9 Å². The highest BCUT2D eigenvalue weighted by atomic mass is 16.5. The number of hydrogen-bond donors (Lipinski definition) is 1. The first-order valence-corrected chi connectivity index (χ1v) is 7.17. The summed E-state index contributed by atoms with van der Waals surface area (Å²) in [5.74, 6) is 2.99. The number of piperidine rings is 1. The second-order valence-corrected chi connectivity index (χ2v) is 5.59. The van der Waals surface area contributed by atoms with E-state index in [1.165, 1.54) is 18.4 Å².